The molecular formula is C48H29N. The topological polar surface area (TPSA) is 4.93 Å². The monoisotopic (exact) mass is 619 g/mol. The van der Waals surface area contributed by atoms with Crippen molar-refractivity contribution in [1.29, 1.82) is 0 Å². The first kappa shape index (κ1) is 26.6. The lowest BCUT2D eigenvalue weighted by molar-refractivity contribution is 1.19. The van der Waals surface area contributed by atoms with Crippen LogP contribution in [0.15, 0.2) is 176 Å². The lowest BCUT2D eigenvalue weighted by Gasteiger charge is -2.20. The van der Waals surface area contributed by atoms with Crippen LogP contribution in [0, 0.1) is 0 Å². The standard InChI is InChI=1S/C48H29N/c1-2-15-32-30(13-1)14-11-23-36(32)47-39-21-7-5-19-37(39)46(38-20-6-8-22-40(38)47)31-27-28-45-43(29-31)34-17-4-3-16-33(34)41-24-12-25-42-35-18-9-10-26-44(35)49(45)48(41)42/h1-29H. The predicted octanol–water partition coefficient (Wildman–Crippen LogP) is 13.2. The molecule has 1 aliphatic heterocycles. The van der Waals surface area contributed by atoms with E-state index >= 15 is 0 Å². The van der Waals surface area contributed by atoms with Gasteiger partial charge in [-0.25, -0.2) is 0 Å². The Kier molecular flexibility index (Phi) is 5.45. The van der Waals surface area contributed by atoms with Gasteiger partial charge in [0.25, 0.3) is 0 Å². The molecule has 0 saturated carbocycles. The zero-order valence-electron chi connectivity index (χ0n) is 26.7. The van der Waals surface area contributed by atoms with Crippen LogP contribution in [-0.4, -0.2) is 4.57 Å². The van der Waals surface area contributed by atoms with Crippen LogP contribution in [0.2, 0.25) is 0 Å². The number of benzene rings is 9. The van der Waals surface area contributed by atoms with Crippen molar-refractivity contribution in [3.05, 3.63) is 176 Å². The number of rotatable bonds is 2. The smallest absolute Gasteiger partial charge is 0.0619 e. The number of hydrogen-bond acceptors (Lipinski definition) is 0. The quantitative estimate of drug-likeness (QED) is 0.170. The highest BCUT2D eigenvalue weighted by atomic mass is 15.0. The number of nitrogens with zero attached hydrogens (tertiary/aromatic N) is 1. The molecule has 0 aliphatic carbocycles. The van der Waals surface area contributed by atoms with Crippen LogP contribution in [-0.2, 0) is 0 Å². The molecule has 0 bridgehead atoms. The highest BCUT2D eigenvalue weighted by Gasteiger charge is 2.25. The normalized spacial score (nSPS) is 12.1. The zero-order chi connectivity index (χ0) is 32.1. The minimum absolute atomic E-state index is 1.22. The van der Waals surface area contributed by atoms with Gasteiger partial charge in [0.1, 0.15) is 0 Å². The summed E-state index contributed by atoms with van der Waals surface area (Å²) in [6, 6.07) is 65.1. The molecule has 11 rings (SSSR count). The molecule has 0 spiro atoms. The Hall–Kier alpha value is -6.44. The lowest BCUT2D eigenvalue weighted by Crippen LogP contribution is -1.97. The average Bonchev–Trinajstić information content (AvgIpc) is 3.45. The van der Waals surface area contributed by atoms with Gasteiger partial charge in [-0.05, 0) is 83.9 Å². The van der Waals surface area contributed by atoms with Gasteiger partial charge in [0, 0.05) is 21.9 Å². The van der Waals surface area contributed by atoms with Crippen molar-refractivity contribution in [1.82, 2.24) is 4.57 Å². The molecule has 1 nitrogen and oxygen atoms in total. The van der Waals surface area contributed by atoms with E-state index in [9.17, 15) is 0 Å². The second kappa shape index (κ2) is 10.0. The van der Waals surface area contributed by atoms with Crippen molar-refractivity contribution in [3.8, 4) is 50.2 Å². The summed E-state index contributed by atoms with van der Waals surface area (Å²) >= 11 is 0. The van der Waals surface area contributed by atoms with Gasteiger partial charge in [-0.15, -0.1) is 0 Å². The van der Waals surface area contributed by atoms with E-state index in [0.717, 1.165) is 0 Å². The van der Waals surface area contributed by atoms with E-state index in [0.29, 0.717) is 0 Å². The maximum absolute atomic E-state index is 2.50. The Bertz CT molecular complexity index is 2930. The van der Waals surface area contributed by atoms with Gasteiger partial charge < -0.3 is 4.57 Å². The van der Waals surface area contributed by atoms with Crippen molar-refractivity contribution < 1.29 is 0 Å². The molecule has 0 fully saturated rings. The van der Waals surface area contributed by atoms with E-state index in [4.69, 9.17) is 0 Å². The Labute approximate surface area is 283 Å². The van der Waals surface area contributed by atoms with Crippen LogP contribution in [0.4, 0.5) is 0 Å². The SMILES string of the molecule is c1ccc2c(c1)-c1cc(-c3c4ccccc4c(-c4cccc5ccccc45)c4ccccc34)ccc1-n1c3ccccc3c3cccc-2c31. The van der Waals surface area contributed by atoms with Gasteiger partial charge >= 0.3 is 0 Å². The summed E-state index contributed by atoms with van der Waals surface area (Å²) in [6.45, 7) is 0. The lowest BCUT2D eigenvalue weighted by atomic mass is 9.84. The van der Waals surface area contributed by atoms with Gasteiger partial charge in [0.15, 0.2) is 0 Å². The molecule has 226 valence electrons. The van der Waals surface area contributed by atoms with Crippen LogP contribution in [0.25, 0.3) is 104 Å². The number of fused-ring (bicyclic) bond motifs is 11. The second-order valence-corrected chi connectivity index (χ2v) is 13.2. The first-order chi connectivity index (χ1) is 24.3. The third-order valence-corrected chi connectivity index (χ3v) is 10.7. The number of hydrogen-bond donors (Lipinski definition) is 0. The van der Waals surface area contributed by atoms with Gasteiger partial charge in [-0.1, -0.05) is 158 Å². The molecule has 49 heavy (non-hydrogen) atoms. The van der Waals surface area contributed by atoms with E-state index in [2.05, 4.69) is 180 Å². The third-order valence-electron chi connectivity index (χ3n) is 10.7. The van der Waals surface area contributed by atoms with E-state index in [-0.39, 0.29) is 0 Å². The van der Waals surface area contributed by atoms with Crippen molar-refractivity contribution in [2.75, 3.05) is 0 Å². The highest BCUT2D eigenvalue weighted by Crippen LogP contribution is 2.50. The second-order valence-electron chi connectivity index (χ2n) is 13.2. The van der Waals surface area contributed by atoms with Gasteiger partial charge in [0.05, 0.1) is 16.7 Å². The van der Waals surface area contributed by atoms with Crippen LogP contribution in [0.3, 0.4) is 0 Å². The van der Waals surface area contributed by atoms with Crippen molar-refractivity contribution >= 4 is 54.1 Å². The Morgan fingerprint density at radius 1 is 0.306 bits per heavy atom. The number of para-hydroxylation sites is 2. The summed E-state index contributed by atoms with van der Waals surface area (Å²) in [6.07, 6.45) is 0. The molecule has 1 aliphatic rings. The molecular weight excluding hydrogens is 591 g/mol. The zero-order valence-corrected chi connectivity index (χ0v) is 26.7. The summed E-state index contributed by atoms with van der Waals surface area (Å²) in [5.41, 5.74) is 13.9. The van der Waals surface area contributed by atoms with Gasteiger partial charge in [0.2, 0.25) is 0 Å². The van der Waals surface area contributed by atoms with Crippen LogP contribution < -0.4 is 0 Å². The fourth-order valence-corrected chi connectivity index (χ4v) is 8.71. The summed E-state index contributed by atoms with van der Waals surface area (Å²) in [5, 5.41) is 10.2. The van der Waals surface area contributed by atoms with Crippen molar-refractivity contribution in [2.24, 2.45) is 0 Å². The summed E-state index contributed by atoms with van der Waals surface area (Å²) in [7, 11) is 0. The minimum atomic E-state index is 1.22. The van der Waals surface area contributed by atoms with Crippen LogP contribution in [0.5, 0.6) is 0 Å². The first-order valence-corrected chi connectivity index (χ1v) is 17.0. The fraction of sp³-hybridized carbons (Fsp3) is 0. The molecule has 2 heterocycles. The molecule has 1 heteroatoms. The molecule has 0 amide bonds. The summed E-state index contributed by atoms with van der Waals surface area (Å²) in [5.74, 6) is 0. The maximum Gasteiger partial charge on any atom is 0.0619 e. The first-order valence-electron chi connectivity index (χ1n) is 17.0. The van der Waals surface area contributed by atoms with E-state index < -0.39 is 0 Å². The molecule has 0 atom stereocenters. The number of aromatic nitrogens is 1. The van der Waals surface area contributed by atoms with E-state index in [1.54, 1.807) is 0 Å². The summed E-state index contributed by atoms with van der Waals surface area (Å²) in [4.78, 5) is 0. The maximum atomic E-state index is 2.50. The molecule has 0 N–H and O–H groups in total. The molecule has 1 aromatic heterocycles. The van der Waals surface area contributed by atoms with Gasteiger partial charge in [-0.2, -0.15) is 0 Å². The third kappa shape index (κ3) is 3.65. The van der Waals surface area contributed by atoms with Crippen molar-refractivity contribution in [2.45, 2.75) is 0 Å². The molecule has 10 aromatic rings. The Morgan fingerprint density at radius 3 is 1.57 bits per heavy atom. The molecule has 0 unspecified atom stereocenters. The molecule has 9 aromatic carbocycles. The Morgan fingerprint density at radius 2 is 0.816 bits per heavy atom. The fourth-order valence-electron chi connectivity index (χ4n) is 8.71. The van der Waals surface area contributed by atoms with E-state index in [1.807, 2.05) is 0 Å². The minimum Gasteiger partial charge on any atom is -0.308 e. The van der Waals surface area contributed by atoms with Crippen molar-refractivity contribution in [3.63, 3.8) is 0 Å². The molecule has 0 saturated heterocycles. The Balaban J connectivity index is 1.26. The van der Waals surface area contributed by atoms with E-state index in [1.165, 1.54) is 104 Å². The highest BCUT2D eigenvalue weighted by molar-refractivity contribution is 6.24. The van der Waals surface area contributed by atoms with Crippen LogP contribution in [0.1, 0.15) is 0 Å². The predicted molar refractivity (Wildman–Crippen MR) is 209 cm³/mol. The molecule has 0 radical (unpaired) electrons. The largest absolute Gasteiger partial charge is 0.308 e. The van der Waals surface area contributed by atoms with Gasteiger partial charge in [-0.3, -0.25) is 0 Å². The average molecular weight is 620 g/mol. The van der Waals surface area contributed by atoms with Crippen LogP contribution >= 0.6 is 0 Å². The summed E-state index contributed by atoms with van der Waals surface area (Å²) < 4.78 is 2.50.